The van der Waals surface area contributed by atoms with E-state index in [2.05, 4.69) is 15.5 Å². The minimum Gasteiger partial charge on any atom is -0.480 e. The molecule has 2 unspecified atom stereocenters. The number of aliphatic carboxylic acids is 1. The molecule has 1 heterocycles. The Kier molecular flexibility index (Phi) is 8.03. The van der Waals surface area contributed by atoms with Gasteiger partial charge in [-0.1, -0.05) is 0 Å². The van der Waals surface area contributed by atoms with Crippen molar-refractivity contribution in [2.75, 3.05) is 47.0 Å². The first kappa shape index (κ1) is 17.7. The number of carboxylic acid groups (broad SMARTS) is 1. The summed E-state index contributed by atoms with van der Waals surface area (Å²) in [7, 11) is 3.54. The molecule has 21 heavy (non-hydrogen) atoms. The lowest BCUT2D eigenvalue weighted by atomic mass is 10.1. The van der Waals surface area contributed by atoms with Crippen LogP contribution in [-0.4, -0.2) is 81.2 Å². The number of carbonyl (C=O) groups is 2. The van der Waals surface area contributed by atoms with Gasteiger partial charge >= 0.3 is 12.0 Å². The average molecular weight is 303 g/mol. The lowest BCUT2D eigenvalue weighted by Gasteiger charge is -2.30. The highest BCUT2D eigenvalue weighted by molar-refractivity contribution is 5.82. The molecule has 3 N–H and O–H groups in total. The van der Waals surface area contributed by atoms with Gasteiger partial charge in [-0.15, -0.1) is 0 Å². The Balaban J connectivity index is 2.27. The Morgan fingerprint density at radius 3 is 2.90 bits per heavy atom. The van der Waals surface area contributed by atoms with E-state index < -0.39 is 18.0 Å². The summed E-state index contributed by atoms with van der Waals surface area (Å²) in [5.74, 6) is -1.05. The highest BCUT2D eigenvalue weighted by Gasteiger charge is 2.21. The fourth-order valence-corrected chi connectivity index (χ4v) is 2.10. The quantitative estimate of drug-likeness (QED) is 0.523. The minimum absolute atomic E-state index is 0.0636. The van der Waals surface area contributed by atoms with Gasteiger partial charge < -0.3 is 30.1 Å². The van der Waals surface area contributed by atoms with Crippen LogP contribution in [0.25, 0.3) is 0 Å². The molecule has 0 bridgehead atoms. The molecule has 2 amide bonds. The number of hydrogen-bond donors (Lipinski definition) is 3. The maximum atomic E-state index is 11.7. The molecule has 122 valence electrons. The third-order valence-electron chi connectivity index (χ3n) is 3.28. The van der Waals surface area contributed by atoms with Crippen molar-refractivity contribution in [3.8, 4) is 0 Å². The largest absolute Gasteiger partial charge is 0.480 e. The summed E-state index contributed by atoms with van der Waals surface area (Å²) in [4.78, 5) is 24.9. The molecule has 0 aromatic heterocycles. The third-order valence-corrected chi connectivity index (χ3v) is 3.28. The molecule has 8 nitrogen and oxygen atoms in total. The number of likely N-dealkylation sites (N-methyl/N-ethyl adjacent to an activating group) is 1. The number of carboxylic acids is 1. The predicted molar refractivity (Wildman–Crippen MR) is 76.3 cm³/mol. The molecule has 2 atom stereocenters. The number of carbonyl (C=O) groups excluding carboxylic acids is 1. The zero-order valence-electron chi connectivity index (χ0n) is 12.6. The van der Waals surface area contributed by atoms with Gasteiger partial charge in [-0.3, -0.25) is 0 Å². The number of hydrogen-bond acceptors (Lipinski definition) is 5. The van der Waals surface area contributed by atoms with Crippen LogP contribution in [0, 0.1) is 0 Å². The first-order valence-electron chi connectivity index (χ1n) is 7.09. The van der Waals surface area contributed by atoms with E-state index in [0.717, 1.165) is 13.1 Å². The van der Waals surface area contributed by atoms with Crippen molar-refractivity contribution in [1.82, 2.24) is 15.5 Å². The smallest absolute Gasteiger partial charge is 0.326 e. The van der Waals surface area contributed by atoms with Crippen molar-refractivity contribution in [2.24, 2.45) is 0 Å². The lowest BCUT2D eigenvalue weighted by Crippen LogP contribution is -2.50. The van der Waals surface area contributed by atoms with Crippen LogP contribution in [0.2, 0.25) is 0 Å². The first-order valence-corrected chi connectivity index (χ1v) is 7.09. The number of amides is 2. The number of nitrogens with one attached hydrogen (secondary N) is 2. The molecular formula is C13H25N3O5. The summed E-state index contributed by atoms with van der Waals surface area (Å²) in [5, 5.41) is 14.2. The molecule has 1 fully saturated rings. The molecule has 0 aromatic carbocycles. The molecule has 0 aromatic rings. The monoisotopic (exact) mass is 303 g/mol. The summed E-state index contributed by atoms with van der Waals surface area (Å²) in [6, 6.07) is -1.40. The van der Waals surface area contributed by atoms with Crippen LogP contribution in [0.5, 0.6) is 0 Å². The standard InChI is InChI=1S/C13H25N3O5/c1-16-5-7-21-10(9-16)8-14-13(19)15-11(12(17)18)4-3-6-20-2/h10-11H,3-9H2,1-2H3,(H,17,18)(H2,14,15,19). The van der Waals surface area contributed by atoms with Crippen LogP contribution in [0.3, 0.4) is 0 Å². The van der Waals surface area contributed by atoms with Gasteiger partial charge in [0.1, 0.15) is 6.04 Å². The van der Waals surface area contributed by atoms with Crippen molar-refractivity contribution in [3.05, 3.63) is 0 Å². The Bertz CT molecular complexity index is 340. The second kappa shape index (κ2) is 9.54. The molecule has 1 aliphatic rings. The molecule has 1 rings (SSSR count). The second-order valence-corrected chi connectivity index (χ2v) is 5.14. The number of morpholine rings is 1. The molecule has 1 aliphatic heterocycles. The molecule has 0 aliphatic carbocycles. The number of nitrogens with zero attached hydrogens (tertiary/aromatic N) is 1. The van der Waals surface area contributed by atoms with Gasteiger partial charge in [0.2, 0.25) is 0 Å². The van der Waals surface area contributed by atoms with Crippen LogP contribution in [0.4, 0.5) is 4.79 Å². The van der Waals surface area contributed by atoms with Gasteiger partial charge in [-0.05, 0) is 19.9 Å². The summed E-state index contributed by atoms with van der Waals surface area (Å²) in [5.41, 5.74) is 0. The van der Waals surface area contributed by atoms with Gasteiger partial charge in [0.05, 0.1) is 12.7 Å². The maximum Gasteiger partial charge on any atom is 0.326 e. The van der Waals surface area contributed by atoms with E-state index in [9.17, 15) is 9.59 Å². The molecule has 0 radical (unpaired) electrons. The fourth-order valence-electron chi connectivity index (χ4n) is 2.10. The van der Waals surface area contributed by atoms with Gasteiger partial charge in [-0.25, -0.2) is 9.59 Å². The number of urea groups is 1. The van der Waals surface area contributed by atoms with Crippen molar-refractivity contribution >= 4 is 12.0 Å². The lowest BCUT2D eigenvalue weighted by molar-refractivity contribution is -0.139. The summed E-state index contributed by atoms with van der Waals surface area (Å²) in [6.07, 6.45) is 0.843. The van der Waals surface area contributed by atoms with E-state index >= 15 is 0 Å². The molecular weight excluding hydrogens is 278 g/mol. The Hall–Kier alpha value is -1.38. The van der Waals surface area contributed by atoms with Crippen LogP contribution >= 0.6 is 0 Å². The molecule has 1 saturated heterocycles. The van der Waals surface area contributed by atoms with Gasteiger partial charge in [0.15, 0.2) is 0 Å². The normalized spacial score (nSPS) is 20.8. The zero-order chi connectivity index (χ0) is 15.7. The Morgan fingerprint density at radius 1 is 1.52 bits per heavy atom. The topological polar surface area (TPSA) is 100 Å². The van der Waals surface area contributed by atoms with Crippen LogP contribution < -0.4 is 10.6 Å². The van der Waals surface area contributed by atoms with Crippen molar-refractivity contribution in [1.29, 1.82) is 0 Å². The summed E-state index contributed by atoms with van der Waals surface area (Å²) < 4.78 is 10.4. The summed E-state index contributed by atoms with van der Waals surface area (Å²) >= 11 is 0. The van der Waals surface area contributed by atoms with E-state index in [4.69, 9.17) is 14.6 Å². The van der Waals surface area contributed by atoms with Gasteiger partial charge in [-0.2, -0.15) is 0 Å². The highest BCUT2D eigenvalue weighted by Crippen LogP contribution is 2.02. The van der Waals surface area contributed by atoms with E-state index in [1.54, 1.807) is 7.11 Å². The van der Waals surface area contributed by atoms with Gasteiger partial charge in [0.25, 0.3) is 0 Å². The van der Waals surface area contributed by atoms with Crippen LogP contribution in [0.1, 0.15) is 12.8 Å². The van der Waals surface area contributed by atoms with E-state index in [-0.39, 0.29) is 6.10 Å². The fraction of sp³-hybridized carbons (Fsp3) is 0.846. The van der Waals surface area contributed by atoms with E-state index in [1.165, 1.54) is 0 Å². The van der Waals surface area contributed by atoms with E-state index in [1.807, 2.05) is 7.05 Å². The molecule has 0 spiro atoms. The van der Waals surface area contributed by atoms with Crippen molar-refractivity contribution < 1.29 is 24.2 Å². The maximum absolute atomic E-state index is 11.7. The van der Waals surface area contributed by atoms with Crippen molar-refractivity contribution in [3.63, 3.8) is 0 Å². The SMILES string of the molecule is COCCCC(NC(=O)NCC1CN(C)CCO1)C(=O)O. The zero-order valence-corrected chi connectivity index (χ0v) is 12.6. The summed E-state index contributed by atoms with van der Waals surface area (Å²) in [6.45, 7) is 3.09. The molecule has 8 heteroatoms. The number of rotatable bonds is 8. The minimum atomic E-state index is -1.05. The number of ether oxygens (including phenoxy) is 2. The molecule has 0 saturated carbocycles. The van der Waals surface area contributed by atoms with E-state index in [0.29, 0.717) is 32.6 Å². The second-order valence-electron chi connectivity index (χ2n) is 5.14. The van der Waals surface area contributed by atoms with Gasteiger partial charge in [0, 0.05) is 33.4 Å². The average Bonchev–Trinajstić information content (AvgIpc) is 2.44. The highest BCUT2D eigenvalue weighted by atomic mass is 16.5. The van der Waals surface area contributed by atoms with Crippen LogP contribution in [-0.2, 0) is 14.3 Å². The Morgan fingerprint density at radius 2 is 2.29 bits per heavy atom. The van der Waals surface area contributed by atoms with Crippen molar-refractivity contribution in [2.45, 2.75) is 25.0 Å². The first-order chi connectivity index (χ1) is 10.0. The third kappa shape index (κ3) is 7.26. The predicted octanol–water partition coefficient (Wildman–Crippen LogP) is -0.504. The Labute approximate surface area is 124 Å². The number of methoxy groups -OCH3 is 1. The van der Waals surface area contributed by atoms with Crippen LogP contribution in [0.15, 0.2) is 0 Å².